The first-order chi connectivity index (χ1) is 10.1. The second-order valence-electron chi connectivity index (χ2n) is 4.59. The van der Waals surface area contributed by atoms with Crippen molar-refractivity contribution in [1.82, 2.24) is 5.32 Å². The van der Waals surface area contributed by atoms with E-state index in [0.29, 0.717) is 30.6 Å². The van der Waals surface area contributed by atoms with Gasteiger partial charge in [0.25, 0.3) is 0 Å². The number of carboxylic acid groups (broad SMARTS) is 1. The molecule has 5 nitrogen and oxygen atoms in total. The highest BCUT2D eigenvalue weighted by molar-refractivity contribution is 6.06. The van der Waals surface area contributed by atoms with E-state index in [1.807, 2.05) is 18.2 Å². The van der Waals surface area contributed by atoms with Gasteiger partial charge in [-0.1, -0.05) is 30.3 Å². The number of hydrogen-bond acceptors (Lipinski definition) is 3. The molecule has 0 bridgehead atoms. The second kappa shape index (κ2) is 6.74. The van der Waals surface area contributed by atoms with E-state index in [1.54, 1.807) is 25.2 Å². The third-order valence-electron chi connectivity index (χ3n) is 3.19. The minimum Gasteiger partial charge on any atom is -0.493 e. The fourth-order valence-corrected chi connectivity index (χ4v) is 2.13. The van der Waals surface area contributed by atoms with Gasteiger partial charge in [0.2, 0.25) is 5.91 Å². The van der Waals surface area contributed by atoms with Gasteiger partial charge in [-0.25, -0.2) is 4.79 Å². The average molecular weight is 287 g/mol. The molecular weight excluding hydrogens is 270 g/mol. The van der Waals surface area contributed by atoms with Gasteiger partial charge >= 0.3 is 5.97 Å². The van der Waals surface area contributed by atoms with Crippen LogP contribution in [0, 0.1) is 0 Å². The number of rotatable bonds is 6. The maximum absolute atomic E-state index is 11.5. The zero-order chi connectivity index (χ0) is 15.2. The van der Waals surface area contributed by atoms with E-state index in [-0.39, 0.29) is 11.5 Å². The highest BCUT2D eigenvalue weighted by Gasteiger charge is 2.15. The summed E-state index contributed by atoms with van der Waals surface area (Å²) in [7, 11) is 1.58. The van der Waals surface area contributed by atoms with Crippen LogP contribution in [0.25, 0.3) is 10.8 Å². The largest absolute Gasteiger partial charge is 0.493 e. The van der Waals surface area contributed by atoms with Gasteiger partial charge in [0.1, 0.15) is 11.3 Å². The van der Waals surface area contributed by atoms with E-state index in [1.165, 1.54) is 0 Å². The molecule has 0 aliphatic rings. The summed E-state index contributed by atoms with van der Waals surface area (Å²) in [6.07, 6.45) is 0.887. The Morgan fingerprint density at radius 1 is 1.19 bits per heavy atom. The summed E-state index contributed by atoms with van der Waals surface area (Å²) in [5.41, 5.74) is 0.160. The topological polar surface area (TPSA) is 75.6 Å². The Labute approximate surface area is 122 Å². The number of carbonyl (C=O) groups is 2. The molecule has 21 heavy (non-hydrogen) atoms. The minimum absolute atomic E-state index is 0.0597. The van der Waals surface area contributed by atoms with Crippen molar-refractivity contribution >= 4 is 22.6 Å². The Hall–Kier alpha value is -2.56. The number of ether oxygens (including phenoxy) is 1. The number of carbonyl (C=O) groups excluding carboxylic acids is 1. The third-order valence-corrected chi connectivity index (χ3v) is 3.19. The molecule has 110 valence electrons. The smallest absolute Gasteiger partial charge is 0.340 e. The Morgan fingerprint density at radius 3 is 2.67 bits per heavy atom. The molecule has 2 rings (SSSR count). The maximum Gasteiger partial charge on any atom is 0.340 e. The van der Waals surface area contributed by atoms with Crippen molar-refractivity contribution in [2.75, 3.05) is 13.7 Å². The summed E-state index contributed by atoms with van der Waals surface area (Å²) in [6, 6.07) is 10.8. The van der Waals surface area contributed by atoms with Crippen molar-refractivity contribution in [3.63, 3.8) is 0 Å². The van der Waals surface area contributed by atoms with Crippen molar-refractivity contribution in [1.29, 1.82) is 0 Å². The van der Waals surface area contributed by atoms with E-state index < -0.39 is 5.97 Å². The van der Waals surface area contributed by atoms with Crippen LogP contribution in [0.15, 0.2) is 36.4 Å². The van der Waals surface area contributed by atoms with Crippen LogP contribution in [-0.2, 0) is 4.79 Å². The fourth-order valence-electron chi connectivity index (χ4n) is 2.13. The van der Waals surface area contributed by atoms with Crippen LogP contribution < -0.4 is 10.1 Å². The van der Waals surface area contributed by atoms with Crippen molar-refractivity contribution in [3.05, 3.63) is 42.0 Å². The predicted molar refractivity (Wildman–Crippen MR) is 79.7 cm³/mol. The Balaban J connectivity index is 2.17. The molecular formula is C16H17NO4. The molecule has 0 radical (unpaired) electrons. The Bertz CT molecular complexity index is 666. The lowest BCUT2D eigenvalue weighted by Gasteiger charge is -2.11. The molecule has 0 aliphatic heterocycles. The molecule has 2 aromatic rings. The van der Waals surface area contributed by atoms with E-state index in [2.05, 4.69) is 5.32 Å². The Kier molecular flexibility index (Phi) is 4.77. The summed E-state index contributed by atoms with van der Waals surface area (Å²) >= 11 is 0. The molecule has 2 aromatic carbocycles. The SMILES string of the molecule is CNC(=O)CCCOc1ccc2ccccc2c1C(=O)O. The molecule has 2 N–H and O–H groups in total. The molecule has 0 saturated heterocycles. The maximum atomic E-state index is 11.5. The van der Waals surface area contributed by atoms with Crippen molar-refractivity contribution < 1.29 is 19.4 Å². The quantitative estimate of drug-likeness (QED) is 0.800. The lowest BCUT2D eigenvalue weighted by molar-refractivity contribution is -0.120. The van der Waals surface area contributed by atoms with E-state index >= 15 is 0 Å². The monoisotopic (exact) mass is 287 g/mol. The molecule has 0 aliphatic carbocycles. The van der Waals surface area contributed by atoms with Crippen LogP contribution in [-0.4, -0.2) is 30.6 Å². The van der Waals surface area contributed by atoms with Gasteiger partial charge in [-0.2, -0.15) is 0 Å². The van der Waals surface area contributed by atoms with Crippen molar-refractivity contribution in [2.45, 2.75) is 12.8 Å². The van der Waals surface area contributed by atoms with Gasteiger partial charge in [0, 0.05) is 13.5 Å². The highest BCUT2D eigenvalue weighted by Crippen LogP contribution is 2.28. The van der Waals surface area contributed by atoms with Gasteiger partial charge in [0.15, 0.2) is 0 Å². The Morgan fingerprint density at radius 2 is 1.95 bits per heavy atom. The van der Waals surface area contributed by atoms with Crippen LogP contribution in [0.5, 0.6) is 5.75 Å². The third kappa shape index (κ3) is 3.51. The lowest BCUT2D eigenvalue weighted by atomic mass is 10.0. The van der Waals surface area contributed by atoms with Gasteiger partial charge in [0.05, 0.1) is 6.61 Å². The number of carboxylic acids is 1. The molecule has 0 aromatic heterocycles. The normalized spacial score (nSPS) is 10.3. The van der Waals surface area contributed by atoms with E-state index in [4.69, 9.17) is 4.74 Å². The summed E-state index contributed by atoms with van der Waals surface area (Å²) in [5.74, 6) is -0.748. The summed E-state index contributed by atoms with van der Waals surface area (Å²) < 4.78 is 5.54. The first kappa shape index (κ1) is 14.8. The van der Waals surface area contributed by atoms with Crippen LogP contribution in [0.2, 0.25) is 0 Å². The van der Waals surface area contributed by atoms with Gasteiger partial charge < -0.3 is 15.2 Å². The van der Waals surface area contributed by atoms with Gasteiger partial charge in [-0.15, -0.1) is 0 Å². The summed E-state index contributed by atoms with van der Waals surface area (Å²) in [5, 5.41) is 13.4. The number of benzene rings is 2. The number of nitrogens with one attached hydrogen (secondary N) is 1. The molecule has 0 unspecified atom stereocenters. The summed E-state index contributed by atoms with van der Waals surface area (Å²) in [6.45, 7) is 0.298. The number of amides is 1. The molecule has 0 fully saturated rings. The minimum atomic E-state index is -1.02. The molecule has 0 spiro atoms. The summed E-state index contributed by atoms with van der Waals surface area (Å²) in [4.78, 5) is 22.6. The van der Waals surface area contributed by atoms with Gasteiger partial charge in [-0.3, -0.25) is 4.79 Å². The second-order valence-corrected chi connectivity index (χ2v) is 4.59. The van der Waals surface area contributed by atoms with Crippen LogP contribution >= 0.6 is 0 Å². The first-order valence-corrected chi connectivity index (χ1v) is 6.72. The number of fused-ring (bicyclic) bond motifs is 1. The number of hydrogen-bond donors (Lipinski definition) is 2. The van der Waals surface area contributed by atoms with Crippen LogP contribution in [0.1, 0.15) is 23.2 Å². The van der Waals surface area contributed by atoms with E-state index in [0.717, 1.165) is 5.39 Å². The van der Waals surface area contributed by atoms with Crippen LogP contribution in [0.3, 0.4) is 0 Å². The van der Waals surface area contributed by atoms with Crippen molar-refractivity contribution in [2.24, 2.45) is 0 Å². The zero-order valence-electron chi connectivity index (χ0n) is 11.8. The van der Waals surface area contributed by atoms with E-state index in [9.17, 15) is 14.7 Å². The standard InChI is InChI=1S/C16H17NO4/c1-17-14(18)7-4-10-21-13-9-8-11-5-2-3-6-12(11)15(13)16(19)20/h2-3,5-6,8-9H,4,7,10H2,1H3,(H,17,18)(H,19,20). The molecule has 5 heteroatoms. The zero-order valence-corrected chi connectivity index (χ0v) is 11.8. The van der Waals surface area contributed by atoms with Crippen molar-refractivity contribution in [3.8, 4) is 5.75 Å². The molecule has 0 atom stereocenters. The molecule has 0 saturated carbocycles. The first-order valence-electron chi connectivity index (χ1n) is 6.72. The highest BCUT2D eigenvalue weighted by atomic mass is 16.5. The van der Waals surface area contributed by atoms with Gasteiger partial charge in [-0.05, 0) is 23.3 Å². The lowest BCUT2D eigenvalue weighted by Crippen LogP contribution is -2.18. The molecule has 0 heterocycles. The van der Waals surface area contributed by atoms with Crippen LogP contribution in [0.4, 0.5) is 0 Å². The predicted octanol–water partition coefficient (Wildman–Crippen LogP) is 2.44. The number of aromatic carboxylic acids is 1. The fraction of sp³-hybridized carbons (Fsp3) is 0.250. The molecule has 1 amide bonds. The average Bonchev–Trinajstić information content (AvgIpc) is 2.50.